The highest BCUT2D eigenvalue weighted by atomic mass is 16.4. The largest absolute Gasteiger partial charge is 0.481 e. The Morgan fingerprint density at radius 2 is 1.45 bits per heavy atom. The molecule has 230 valence electrons. The highest BCUT2D eigenvalue weighted by Gasteiger charge is 2.31. The minimum atomic E-state index is -1.36. The third-order valence-electron chi connectivity index (χ3n) is 6.61. The maximum atomic E-state index is 13.5. The number of carbonyl (C=O) groups excluding carboxylic acids is 4. The first-order chi connectivity index (χ1) is 19.9. The zero-order chi connectivity index (χ0) is 31.2. The molecule has 0 fully saturated rings. The molecule has 12 N–H and O–H groups in total. The predicted octanol–water partition coefficient (Wildman–Crippen LogP) is -1.16. The van der Waals surface area contributed by atoms with E-state index in [4.69, 9.17) is 22.3 Å². The fourth-order valence-corrected chi connectivity index (χ4v) is 4.27. The summed E-state index contributed by atoms with van der Waals surface area (Å²) in [5.74, 6) is -5.59. The van der Waals surface area contributed by atoms with E-state index in [0.717, 1.165) is 10.9 Å². The lowest BCUT2D eigenvalue weighted by Crippen LogP contribution is -2.57. The number of primary amides is 1. The number of nitrogens with one attached hydrogen (secondary N) is 4. The summed E-state index contributed by atoms with van der Waals surface area (Å²) < 4.78 is 0. The van der Waals surface area contributed by atoms with Crippen LogP contribution in [0.2, 0.25) is 0 Å². The third kappa shape index (κ3) is 10.8. The van der Waals surface area contributed by atoms with Crippen molar-refractivity contribution in [1.29, 1.82) is 0 Å². The average Bonchev–Trinajstić information content (AvgIpc) is 3.35. The molecule has 4 unspecified atom stereocenters. The van der Waals surface area contributed by atoms with E-state index in [1.807, 2.05) is 18.2 Å². The van der Waals surface area contributed by atoms with Crippen molar-refractivity contribution in [2.45, 2.75) is 75.5 Å². The number of fused-ring (bicyclic) bond motifs is 1. The van der Waals surface area contributed by atoms with Crippen molar-refractivity contribution >= 4 is 46.5 Å². The maximum Gasteiger partial charge on any atom is 0.326 e. The van der Waals surface area contributed by atoms with Crippen LogP contribution in [0.1, 0.15) is 50.5 Å². The summed E-state index contributed by atoms with van der Waals surface area (Å²) in [5, 5.41) is 26.7. The number of hydrogen-bond donors (Lipinski definition) is 9. The third-order valence-corrected chi connectivity index (χ3v) is 6.61. The van der Waals surface area contributed by atoms with Gasteiger partial charge < -0.3 is 48.3 Å². The fourth-order valence-electron chi connectivity index (χ4n) is 4.27. The second-order valence-electron chi connectivity index (χ2n) is 9.91. The molecule has 4 amide bonds. The number of rotatable bonds is 19. The summed E-state index contributed by atoms with van der Waals surface area (Å²) in [4.78, 5) is 76.6. The van der Waals surface area contributed by atoms with Crippen LogP contribution in [-0.2, 0) is 35.2 Å². The molecule has 4 atom stereocenters. The van der Waals surface area contributed by atoms with Crippen molar-refractivity contribution in [3.8, 4) is 0 Å². The summed E-state index contributed by atoms with van der Waals surface area (Å²) in [6.45, 7) is 0.348. The molecule has 0 aliphatic heterocycles. The molecule has 1 aromatic heterocycles. The number of benzene rings is 1. The van der Waals surface area contributed by atoms with Gasteiger partial charge in [0.15, 0.2) is 0 Å². The molecule has 0 radical (unpaired) electrons. The number of carboxylic acid groups (broad SMARTS) is 2. The molecular weight excluding hydrogens is 550 g/mol. The first-order valence-corrected chi connectivity index (χ1v) is 13.6. The molecule has 42 heavy (non-hydrogen) atoms. The Balaban J connectivity index is 2.29. The van der Waals surface area contributed by atoms with Gasteiger partial charge in [-0.1, -0.05) is 18.2 Å². The van der Waals surface area contributed by atoms with Crippen molar-refractivity contribution in [3.05, 3.63) is 36.0 Å². The number of aliphatic carboxylic acids is 2. The summed E-state index contributed by atoms with van der Waals surface area (Å²) in [5.41, 5.74) is 18.0. The average molecular weight is 590 g/mol. The summed E-state index contributed by atoms with van der Waals surface area (Å²) in [7, 11) is 0. The molecule has 2 rings (SSSR count). The second-order valence-corrected chi connectivity index (χ2v) is 9.91. The van der Waals surface area contributed by atoms with Gasteiger partial charge in [0.05, 0.1) is 6.04 Å². The quantitative estimate of drug-likeness (QED) is 0.0886. The van der Waals surface area contributed by atoms with E-state index < -0.39 is 59.7 Å². The number of carbonyl (C=O) groups is 6. The number of hydrogen-bond acceptors (Lipinski definition) is 8. The monoisotopic (exact) mass is 589 g/mol. The van der Waals surface area contributed by atoms with Gasteiger partial charge in [-0.25, -0.2) is 4.79 Å². The zero-order valence-electron chi connectivity index (χ0n) is 23.1. The van der Waals surface area contributed by atoms with Crippen molar-refractivity contribution in [1.82, 2.24) is 20.9 Å². The van der Waals surface area contributed by atoms with Gasteiger partial charge in [-0.05, 0) is 50.3 Å². The first kappa shape index (κ1) is 33.7. The number of unbranched alkanes of at least 4 members (excludes halogenated alkanes) is 1. The Labute approximate surface area is 241 Å². The number of H-pyrrole nitrogens is 1. The smallest absolute Gasteiger partial charge is 0.326 e. The Morgan fingerprint density at radius 1 is 0.810 bits per heavy atom. The van der Waals surface area contributed by atoms with E-state index in [0.29, 0.717) is 24.9 Å². The molecule has 0 spiro atoms. The summed E-state index contributed by atoms with van der Waals surface area (Å²) in [6.07, 6.45) is 1.66. The van der Waals surface area contributed by atoms with Gasteiger partial charge in [0.2, 0.25) is 23.6 Å². The van der Waals surface area contributed by atoms with E-state index in [9.17, 15) is 33.9 Å². The summed E-state index contributed by atoms with van der Waals surface area (Å²) >= 11 is 0. The number of nitrogens with two attached hydrogens (primary N) is 3. The Kier molecular flexibility index (Phi) is 13.4. The van der Waals surface area contributed by atoms with Gasteiger partial charge >= 0.3 is 11.9 Å². The van der Waals surface area contributed by atoms with Gasteiger partial charge in [-0.2, -0.15) is 0 Å². The van der Waals surface area contributed by atoms with Crippen LogP contribution in [-0.4, -0.2) is 81.5 Å². The highest BCUT2D eigenvalue weighted by Crippen LogP contribution is 2.19. The number of aromatic nitrogens is 1. The molecule has 0 aliphatic rings. The Bertz CT molecular complexity index is 1260. The number of aromatic amines is 1. The molecule has 0 saturated carbocycles. The van der Waals surface area contributed by atoms with Gasteiger partial charge in [-0.3, -0.25) is 24.0 Å². The lowest BCUT2D eigenvalue weighted by molar-refractivity contribution is -0.142. The lowest BCUT2D eigenvalue weighted by Gasteiger charge is -2.25. The molecule has 0 saturated heterocycles. The molecule has 15 heteroatoms. The van der Waals surface area contributed by atoms with E-state index in [-0.39, 0.29) is 38.5 Å². The standard InChI is InChI=1S/C27H39N7O8/c28-12-4-3-7-20(27(41)42)33-25(39)19(9-10-22(30)35)32-26(40)21(34-24(38)17(29)8-11-23(36)37)13-15-14-31-18-6-2-1-5-16(15)18/h1-2,5-6,14,17,19-21,31H,3-4,7-13,28-29H2,(H2,30,35)(H,32,40)(H,33,39)(H,34,38)(H,36,37)(H,41,42). The maximum absolute atomic E-state index is 13.5. The predicted molar refractivity (Wildman–Crippen MR) is 152 cm³/mol. The van der Waals surface area contributed by atoms with Gasteiger partial charge in [0, 0.05) is 36.4 Å². The van der Waals surface area contributed by atoms with Crippen LogP contribution in [0, 0.1) is 0 Å². The minimum Gasteiger partial charge on any atom is -0.481 e. The fraction of sp³-hybridized carbons (Fsp3) is 0.481. The molecule has 1 aromatic carbocycles. The SMILES string of the molecule is NCCCCC(NC(=O)C(CCC(N)=O)NC(=O)C(Cc1c[nH]c2ccccc12)NC(=O)C(N)CCC(=O)O)C(=O)O. The van der Waals surface area contributed by atoms with E-state index in [2.05, 4.69) is 20.9 Å². The topological polar surface area (TPSA) is 273 Å². The molecule has 1 heterocycles. The van der Waals surface area contributed by atoms with E-state index >= 15 is 0 Å². The molecule has 0 bridgehead atoms. The van der Waals surface area contributed by atoms with Crippen LogP contribution < -0.4 is 33.2 Å². The first-order valence-electron chi connectivity index (χ1n) is 13.6. The molecule has 15 nitrogen and oxygen atoms in total. The van der Waals surface area contributed by atoms with Gasteiger partial charge in [-0.15, -0.1) is 0 Å². The van der Waals surface area contributed by atoms with Crippen LogP contribution in [0.15, 0.2) is 30.5 Å². The zero-order valence-corrected chi connectivity index (χ0v) is 23.1. The molecular formula is C27H39N7O8. The van der Waals surface area contributed by atoms with Crippen LogP contribution in [0.3, 0.4) is 0 Å². The van der Waals surface area contributed by atoms with Gasteiger partial charge in [0.25, 0.3) is 0 Å². The van der Waals surface area contributed by atoms with Crippen LogP contribution in [0.25, 0.3) is 10.9 Å². The highest BCUT2D eigenvalue weighted by molar-refractivity contribution is 5.95. The lowest BCUT2D eigenvalue weighted by atomic mass is 10.0. The van der Waals surface area contributed by atoms with E-state index in [1.54, 1.807) is 12.3 Å². The van der Waals surface area contributed by atoms with Crippen molar-refractivity contribution in [2.75, 3.05) is 6.54 Å². The normalized spacial score (nSPS) is 13.9. The van der Waals surface area contributed by atoms with Crippen molar-refractivity contribution < 1.29 is 39.0 Å². The van der Waals surface area contributed by atoms with Crippen LogP contribution >= 0.6 is 0 Å². The van der Waals surface area contributed by atoms with Crippen molar-refractivity contribution in [2.24, 2.45) is 17.2 Å². The van der Waals surface area contributed by atoms with Crippen molar-refractivity contribution in [3.63, 3.8) is 0 Å². The van der Waals surface area contributed by atoms with E-state index in [1.165, 1.54) is 0 Å². The number of para-hydroxylation sites is 1. The van der Waals surface area contributed by atoms with Crippen LogP contribution in [0.4, 0.5) is 0 Å². The van der Waals surface area contributed by atoms with Gasteiger partial charge in [0.1, 0.15) is 18.1 Å². The minimum absolute atomic E-state index is 0.0335. The number of carboxylic acids is 2. The molecule has 2 aromatic rings. The Hall–Kier alpha value is -4.50. The molecule has 0 aliphatic carbocycles. The van der Waals surface area contributed by atoms with Crippen LogP contribution in [0.5, 0.6) is 0 Å². The second kappa shape index (κ2) is 16.7. The Morgan fingerprint density at radius 3 is 2.10 bits per heavy atom. The summed E-state index contributed by atoms with van der Waals surface area (Å²) in [6, 6.07) is 2.15. The number of amides is 4.